The van der Waals surface area contributed by atoms with Gasteiger partial charge in [-0.25, -0.2) is 9.07 Å². The minimum atomic E-state index is -0.297. The van der Waals surface area contributed by atoms with Crippen LogP contribution < -0.4 is 5.32 Å². The van der Waals surface area contributed by atoms with E-state index >= 15 is 0 Å². The number of morpholine rings is 1. The Kier molecular flexibility index (Phi) is 5.84. The van der Waals surface area contributed by atoms with E-state index < -0.39 is 0 Å². The van der Waals surface area contributed by atoms with E-state index in [1.54, 1.807) is 12.1 Å². The van der Waals surface area contributed by atoms with Crippen LogP contribution in [0.2, 0.25) is 0 Å². The van der Waals surface area contributed by atoms with Gasteiger partial charge in [0.05, 0.1) is 31.1 Å². The van der Waals surface area contributed by atoms with Crippen LogP contribution in [0.4, 0.5) is 10.2 Å². The summed E-state index contributed by atoms with van der Waals surface area (Å²) >= 11 is 0. The van der Waals surface area contributed by atoms with Gasteiger partial charge in [-0.15, -0.1) is 0 Å². The highest BCUT2D eigenvalue weighted by atomic mass is 19.1. The number of para-hydroxylation sites is 1. The Morgan fingerprint density at radius 1 is 1.23 bits per heavy atom. The van der Waals surface area contributed by atoms with Crippen molar-refractivity contribution >= 4 is 11.7 Å². The van der Waals surface area contributed by atoms with Crippen LogP contribution in [0.1, 0.15) is 17.2 Å². The zero-order valence-electron chi connectivity index (χ0n) is 16.2. The average Bonchev–Trinajstić information content (AvgIpc) is 3.17. The Hall–Kier alpha value is -3.54. The predicted octanol–water partition coefficient (Wildman–Crippen LogP) is 2.90. The fourth-order valence-corrected chi connectivity index (χ4v) is 3.42. The van der Waals surface area contributed by atoms with Crippen molar-refractivity contribution in [2.75, 3.05) is 31.6 Å². The fourth-order valence-electron chi connectivity index (χ4n) is 3.42. The van der Waals surface area contributed by atoms with Gasteiger partial charge in [-0.1, -0.05) is 30.3 Å². The van der Waals surface area contributed by atoms with Gasteiger partial charge in [0.25, 0.3) is 0 Å². The molecule has 1 unspecified atom stereocenters. The molecule has 1 aromatic heterocycles. The van der Waals surface area contributed by atoms with Gasteiger partial charge in [-0.2, -0.15) is 10.4 Å². The molecule has 1 amide bonds. The number of hydrogen-bond acceptors (Lipinski definition) is 5. The summed E-state index contributed by atoms with van der Waals surface area (Å²) in [4.78, 5) is 14.7. The molecule has 1 aliphatic rings. The van der Waals surface area contributed by atoms with Crippen molar-refractivity contribution in [3.8, 4) is 11.8 Å². The molecule has 2 aromatic carbocycles. The maximum Gasteiger partial charge on any atom is 0.239 e. The molecular formula is C22H20FN5O2. The number of nitrogens with zero attached hydrogens (tertiary/aromatic N) is 4. The van der Waals surface area contributed by atoms with Crippen molar-refractivity contribution in [3.05, 3.63) is 77.7 Å². The van der Waals surface area contributed by atoms with E-state index in [-0.39, 0.29) is 24.4 Å². The predicted molar refractivity (Wildman–Crippen MR) is 108 cm³/mol. The summed E-state index contributed by atoms with van der Waals surface area (Å²) < 4.78 is 20.5. The average molecular weight is 405 g/mol. The quantitative estimate of drug-likeness (QED) is 0.706. The highest BCUT2D eigenvalue weighted by Gasteiger charge is 2.24. The fraction of sp³-hybridized carbons (Fsp3) is 0.227. The maximum absolute atomic E-state index is 13.2. The van der Waals surface area contributed by atoms with E-state index in [1.165, 1.54) is 23.0 Å². The van der Waals surface area contributed by atoms with Crippen molar-refractivity contribution in [3.63, 3.8) is 0 Å². The number of carbonyl (C=O) groups is 1. The van der Waals surface area contributed by atoms with Gasteiger partial charge in [-0.3, -0.25) is 9.69 Å². The van der Waals surface area contributed by atoms with Crippen LogP contribution in [0, 0.1) is 17.1 Å². The third-order valence-corrected chi connectivity index (χ3v) is 4.91. The Morgan fingerprint density at radius 3 is 2.73 bits per heavy atom. The number of aromatic nitrogens is 2. The first-order chi connectivity index (χ1) is 14.6. The number of benzene rings is 2. The molecule has 8 heteroatoms. The second kappa shape index (κ2) is 8.86. The molecule has 1 aliphatic heterocycles. The van der Waals surface area contributed by atoms with E-state index in [1.807, 2.05) is 35.2 Å². The van der Waals surface area contributed by atoms with Crippen LogP contribution in [-0.4, -0.2) is 46.8 Å². The Bertz CT molecular complexity index is 1060. The van der Waals surface area contributed by atoms with Gasteiger partial charge < -0.3 is 10.1 Å². The third kappa shape index (κ3) is 4.38. The van der Waals surface area contributed by atoms with Crippen molar-refractivity contribution in [1.82, 2.24) is 14.7 Å². The molecule has 0 bridgehead atoms. The number of carbonyl (C=O) groups excluding carboxylic acids is 1. The molecule has 7 nitrogen and oxygen atoms in total. The lowest BCUT2D eigenvalue weighted by Gasteiger charge is -2.32. The number of rotatable bonds is 5. The summed E-state index contributed by atoms with van der Waals surface area (Å²) in [5, 5.41) is 16.4. The molecule has 4 rings (SSSR count). The van der Waals surface area contributed by atoms with Gasteiger partial charge in [-0.05, 0) is 29.8 Å². The zero-order chi connectivity index (χ0) is 20.9. The first-order valence-electron chi connectivity index (χ1n) is 9.57. The standard InChI is InChI=1S/C22H20FN5O2/c23-18-8-6-16(7-9-18)20-14-27(10-11-30-20)15-21(29)26-22-17(12-24)13-25-28(22)19-4-2-1-3-5-19/h1-9,13,20H,10-11,14-15H2,(H,26,29). The maximum atomic E-state index is 13.2. The molecule has 0 spiro atoms. The number of halogens is 1. The monoisotopic (exact) mass is 405 g/mol. The molecule has 30 heavy (non-hydrogen) atoms. The summed E-state index contributed by atoms with van der Waals surface area (Å²) in [6, 6.07) is 17.6. The first kappa shape index (κ1) is 19.8. The number of hydrogen-bond donors (Lipinski definition) is 1. The third-order valence-electron chi connectivity index (χ3n) is 4.91. The Labute approximate surface area is 173 Å². The Balaban J connectivity index is 1.44. The minimum Gasteiger partial charge on any atom is -0.371 e. The van der Waals surface area contributed by atoms with Crippen molar-refractivity contribution < 1.29 is 13.9 Å². The largest absolute Gasteiger partial charge is 0.371 e. The molecule has 152 valence electrons. The van der Waals surface area contributed by atoms with Crippen LogP contribution in [0.15, 0.2) is 60.8 Å². The summed E-state index contributed by atoms with van der Waals surface area (Å²) in [6.45, 7) is 1.74. The SMILES string of the molecule is N#Cc1cnn(-c2ccccc2)c1NC(=O)CN1CCOC(c2ccc(F)cc2)C1. The highest BCUT2D eigenvalue weighted by Crippen LogP contribution is 2.23. The van der Waals surface area contributed by atoms with Gasteiger partial charge in [0.15, 0.2) is 5.82 Å². The van der Waals surface area contributed by atoms with Crippen molar-refractivity contribution in [2.24, 2.45) is 0 Å². The van der Waals surface area contributed by atoms with Gasteiger partial charge in [0, 0.05) is 13.1 Å². The van der Waals surface area contributed by atoms with Crippen LogP contribution in [0.5, 0.6) is 0 Å². The lowest BCUT2D eigenvalue weighted by atomic mass is 10.1. The van der Waals surface area contributed by atoms with Gasteiger partial charge in [0.2, 0.25) is 5.91 Å². The molecule has 1 atom stereocenters. The van der Waals surface area contributed by atoms with Gasteiger partial charge in [0.1, 0.15) is 17.4 Å². The summed E-state index contributed by atoms with van der Waals surface area (Å²) in [6.07, 6.45) is 1.21. The van der Waals surface area contributed by atoms with Crippen LogP contribution in [0.25, 0.3) is 5.69 Å². The number of nitriles is 1. The van der Waals surface area contributed by atoms with Gasteiger partial charge >= 0.3 is 0 Å². The number of anilines is 1. The summed E-state index contributed by atoms with van der Waals surface area (Å²) in [5.41, 5.74) is 1.91. The topological polar surface area (TPSA) is 83.2 Å². The Morgan fingerprint density at radius 2 is 2.00 bits per heavy atom. The molecule has 0 aliphatic carbocycles. The molecule has 3 aromatic rings. The molecule has 1 saturated heterocycles. The molecule has 1 fully saturated rings. The van der Waals surface area contributed by atoms with E-state index in [0.717, 1.165) is 11.3 Å². The van der Waals surface area contributed by atoms with Crippen molar-refractivity contribution in [2.45, 2.75) is 6.10 Å². The van der Waals surface area contributed by atoms with E-state index in [2.05, 4.69) is 16.5 Å². The number of ether oxygens (including phenoxy) is 1. The molecule has 0 radical (unpaired) electrons. The van der Waals surface area contributed by atoms with Crippen LogP contribution in [0.3, 0.4) is 0 Å². The number of amides is 1. The first-order valence-corrected chi connectivity index (χ1v) is 9.57. The zero-order valence-corrected chi connectivity index (χ0v) is 16.2. The molecule has 0 saturated carbocycles. The molecule has 1 N–H and O–H groups in total. The molecule has 2 heterocycles. The van der Waals surface area contributed by atoms with Crippen molar-refractivity contribution in [1.29, 1.82) is 5.26 Å². The van der Waals surface area contributed by atoms with Crippen LogP contribution >= 0.6 is 0 Å². The normalized spacial score (nSPS) is 16.7. The van der Waals surface area contributed by atoms with E-state index in [9.17, 15) is 14.4 Å². The van der Waals surface area contributed by atoms with E-state index in [4.69, 9.17) is 4.74 Å². The smallest absolute Gasteiger partial charge is 0.239 e. The number of nitrogens with one attached hydrogen (secondary N) is 1. The molecular weight excluding hydrogens is 385 g/mol. The summed E-state index contributed by atoms with van der Waals surface area (Å²) in [5.74, 6) is -0.199. The lowest BCUT2D eigenvalue weighted by Crippen LogP contribution is -2.42. The van der Waals surface area contributed by atoms with E-state index in [0.29, 0.717) is 31.1 Å². The second-order valence-corrected chi connectivity index (χ2v) is 6.96. The minimum absolute atomic E-state index is 0.145. The highest BCUT2D eigenvalue weighted by molar-refractivity contribution is 5.93. The summed E-state index contributed by atoms with van der Waals surface area (Å²) in [7, 11) is 0. The lowest BCUT2D eigenvalue weighted by molar-refractivity contribution is -0.119. The van der Waals surface area contributed by atoms with Crippen LogP contribution in [-0.2, 0) is 9.53 Å². The second-order valence-electron chi connectivity index (χ2n) is 6.96.